The van der Waals surface area contributed by atoms with Crippen LogP contribution in [0.15, 0.2) is 36.4 Å². The van der Waals surface area contributed by atoms with Crippen LogP contribution in [0, 0.1) is 15.9 Å². The molecule has 1 heterocycles. The molecule has 6 nitrogen and oxygen atoms in total. The second-order valence-electron chi connectivity index (χ2n) is 5.04. The maximum absolute atomic E-state index is 13.6. The van der Waals surface area contributed by atoms with Crippen LogP contribution < -0.4 is 14.8 Å². The topological polar surface area (TPSA) is 73.6 Å². The number of nitrogens with one attached hydrogen (secondary N) is 1. The lowest BCUT2D eigenvalue weighted by Crippen LogP contribution is -2.06. The van der Waals surface area contributed by atoms with Crippen LogP contribution in [0.5, 0.6) is 11.5 Å². The minimum absolute atomic E-state index is 0.127. The Bertz CT molecular complexity index is 736. The molecule has 0 atom stereocenters. The molecule has 1 aliphatic heterocycles. The third kappa shape index (κ3) is 3.18. The molecule has 0 aromatic heterocycles. The first-order valence-corrected chi connectivity index (χ1v) is 7.21. The highest BCUT2D eigenvalue weighted by atomic mass is 19.1. The van der Waals surface area contributed by atoms with Gasteiger partial charge in [0, 0.05) is 18.5 Å². The van der Waals surface area contributed by atoms with Gasteiger partial charge in [-0.15, -0.1) is 0 Å². The van der Waals surface area contributed by atoms with Gasteiger partial charge in [0.25, 0.3) is 0 Å². The van der Waals surface area contributed by atoms with E-state index < -0.39 is 16.4 Å². The standard InChI is InChI=1S/C16H15FN2O4/c17-12-5-2-6-13(15(12)19(20)21)18-10-11-4-1-7-14-16(11)23-9-3-8-22-14/h1-2,4-7,18H,3,8-10H2. The molecular weight excluding hydrogens is 303 g/mol. The van der Waals surface area contributed by atoms with E-state index >= 15 is 0 Å². The maximum Gasteiger partial charge on any atom is 0.327 e. The van der Waals surface area contributed by atoms with Gasteiger partial charge in [-0.2, -0.15) is 4.39 Å². The van der Waals surface area contributed by atoms with Crippen molar-refractivity contribution in [3.63, 3.8) is 0 Å². The third-order valence-electron chi connectivity index (χ3n) is 3.49. The molecule has 0 amide bonds. The normalized spacial score (nSPS) is 13.3. The Morgan fingerprint density at radius 3 is 2.78 bits per heavy atom. The van der Waals surface area contributed by atoms with Crippen molar-refractivity contribution in [3.05, 3.63) is 57.9 Å². The summed E-state index contributed by atoms with van der Waals surface area (Å²) in [4.78, 5) is 10.3. The second kappa shape index (κ2) is 6.51. The molecular formula is C16H15FN2O4. The number of benzene rings is 2. The Labute approximate surface area is 132 Å². The fraction of sp³-hybridized carbons (Fsp3) is 0.250. The van der Waals surface area contributed by atoms with Crippen LogP contribution in [0.3, 0.4) is 0 Å². The van der Waals surface area contributed by atoms with Gasteiger partial charge in [-0.05, 0) is 18.2 Å². The molecule has 0 unspecified atom stereocenters. The molecule has 0 fully saturated rings. The third-order valence-corrected chi connectivity index (χ3v) is 3.49. The smallest absolute Gasteiger partial charge is 0.327 e. The Balaban J connectivity index is 1.85. The van der Waals surface area contributed by atoms with Gasteiger partial charge in [-0.1, -0.05) is 18.2 Å². The lowest BCUT2D eigenvalue weighted by molar-refractivity contribution is -0.386. The summed E-state index contributed by atoms with van der Waals surface area (Å²) in [5.41, 5.74) is 0.358. The Morgan fingerprint density at radius 1 is 1.17 bits per heavy atom. The molecule has 0 saturated heterocycles. The quantitative estimate of drug-likeness (QED) is 0.690. The molecule has 23 heavy (non-hydrogen) atoms. The summed E-state index contributed by atoms with van der Waals surface area (Å²) in [6.45, 7) is 1.39. The summed E-state index contributed by atoms with van der Waals surface area (Å²) in [5.74, 6) is 0.401. The van der Waals surface area contributed by atoms with Gasteiger partial charge < -0.3 is 14.8 Å². The average molecular weight is 318 g/mol. The fourth-order valence-electron chi connectivity index (χ4n) is 2.43. The molecule has 1 N–H and O–H groups in total. The van der Waals surface area contributed by atoms with Crippen molar-refractivity contribution in [2.45, 2.75) is 13.0 Å². The van der Waals surface area contributed by atoms with Gasteiger partial charge in [0.05, 0.1) is 18.1 Å². The van der Waals surface area contributed by atoms with E-state index in [0.29, 0.717) is 24.7 Å². The highest BCUT2D eigenvalue weighted by Crippen LogP contribution is 2.34. The lowest BCUT2D eigenvalue weighted by Gasteiger charge is -2.13. The number of nitro benzene ring substituents is 1. The Kier molecular flexibility index (Phi) is 4.27. The molecule has 0 radical (unpaired) electrons. The van der Waals surface area contributed by atoms with Crippen molar-refractivity contribution in [1.29, 1.82) is 0 Å². The largest absolute Gasteiger partial charge is 0.490 e. The highest BCUT2D eigenvalue weighted by molar-refractivity contribution is 5.62. The van der Waals surface area contributed by atoms with E-state index in [1.165, 1.54) is 12.1 Å². The van der Waals surface area contributed by atoms with Crippen molar-refractivity contribution >= 4 is 11.4 Å². The van der Waals surface area contributed by atoms with Gasteiger partial charge in [0.1, 0.15) is 5.69 Å². The number of nitrogens with zero attached hydrogens (tertiary/aromatic N) is 1. The van der Waals surface area contributed by atoms with E-state index in [0.717, 1.165) is 18.1 Å². The number of nitro groups is 1. The summed E-state index contributed by atoms with van der Waals surface area (Å²) < 4.78 is 24.9. The summed E-state index contributed by atoms with van der Waals surface area (Å²) >= 11 is 0. The molecule has 120 valence electrons. The molecule has 0 saturated carbocycles. The van der Waals surface area contributed by atoms with Crippen molar-refractivity contribution in [2.75, 3.05) is 18.5 Å². The molecule has 0 spiro atoms. The number of hydrogen-bond acceptors (Lipinski definition) is 5. The molecule has 2 aromatic carbocycles. The second-order valence-corrected chi connectivity index (χ2v) is 5.04. The van der Waals surface area contributed by atoms with Crippen LogP contribution in [0.1, 0.15) is 12.0 Å². The van der Waals surface area contributed by atoms with E-state index in [9.17, 15) is 14.5 Å². The number of fused-ring (bicyclic) bond motifs is 1. The number of para-hydroxylation sites is 2. The Morgan fingerprint density at radius 2 is 1.96 bits per heavy atom. The van der Waals surface area contributed by atoms with Crippen LogP contribution in [-0.4, -0.2) is 18.1 Å². The minimum Gasteiger partial charge on any atom is -0.490 e. The summed E-state index contributed by atoms with van der Waals surface area (Å²) in [7, 11) is 0. The van der Waals surface area contributed by atoms with Crippen molar-refractivity contribution in [3.8, 4) is 11.5 Å². The van der Waals surface area contributed by atoms with E-state index in [4.69, 9.17) is 9.47 Å². The minimum atomic E-state index is -0.869. The zero-order valence-corrected chi connectivity index (χ0v) is 12.3. The predicted octanol–water partition coefficient (Wildman–Crippen LogP) is 3.51. The van der Waals surface area contributed by atoms with Crippen molar-refractivity contribution < 1.29 is 18.8 Å². The van der Waals surface area contributed by atoms with Gasteiger partial charge in [-0.25, -0.2) is 0 Å². The average Bonchev–Trinajstić information content (AvgIpc) is 2.78. The van der Waals surface area contributed by atoms with Crippen LogP contribution >= 0.6 is 0 Å². The van der Waals surface area contributed by atoms with E-state index in [1.54, 1.807) is 0 Å². The van der Waals surface area contributed by atoms with Gasteiger partial charge in [0.15, 0.2) is 11.5 Å². The monoisotopic (exact) mass is 318 g/mol. The van der Waals surface area contributed by atoms with E-state index in [1.807, 2.05) is 18.2 Å². The van der Waals surface area contributed by atoms with E-state index in [2.05, 4.69) is 5.32 Å². The number of anilines is 1. The Hall–Kier alpha value is -2.83. The van der Waals surface area contributed by atoms with Crippen molar-refractivity contribution in [2.24, 2.45) is 0 Å². The lowest BCUT2D eigenvalue weighted by atomic mass is 10.1. The van der Waals surface area contributed by atoms with E-state index in [-0.39, 0.29) is 12.2 Å². The zero-order chi connectivity index (χ0) is 16.2. The number of hydrogen-bond donors (Lipinski definition) is 1. The molecule has 0 aliphatic carbocycles. The summed E-state index contributed by atoms with van der Waals surface area (Å²) in [5, 5.41) is 13.9. The first-order valence-electron chi connectivity index (χ1n) is 7.21. The predicted molar refractivity (Wildman–Crippen MR) is 82.4 cm³/mol. The SMILES string of the molecule is O=[N+]([O-])c1c(F)cccc1NCc1cccc2c1OCCCO2. The summed E-state index contributed by atoms with van der Waals surface area (Å²) in [6.07, 6.45) is 0.789. The van der Waals surface area contributed by atoms with Crippen molar-refractivity contribution in [1.82, 2.24) is 0 Å². The first kappa shape index (κ1) is 15.1. The number of rotatable bonds is 4. The molecule has 7 heteroatoms. The van der Waals surface area contributed by atoms with Crippen LogP contribution in [0.2, 0.25) is 0 Å². The van der Waals surface area contributed by atoms with Crippen LogP contribution in [-0.2, 0) is 6.54 Å². The van der Waals surface area contributed by atoms with Crippen LogP contribution in [0.25, 0.3) is 0 Å². The fourth-order valence-corrected chi connectivity index (χ4v) is 2.43. The van der Waals surface area contributed by atoms with Gasteiger partial charge >= 0.3 is 5.69 Å². The number of ether oxygens (including phenoxy) is 2. The zero-order valence-electron chi connectivity index (χ0n) is 12.3. The highest BCUT2D eigenvalue weighted by Gasteiger charge is 2.20. The first-order chi connectivity index (χ1) is 11.2. The van der Waals surface area contributed by atoms with Crippen LogP contribution in [0.4, 0.5) is 15.8 Å². The molecule has 0 bridgehead atoms. The molecule has 2 aromatic rings. The van der Waals surface area contributed by atoms with Gasteiger partial charge in [-0.3, -0.25) is 10.1 Å². The summed E-state index contributed by atoms with van der Waals surface area (Å²) in [6, 6.07) is 9.44. The van der Waals surface area contributed by atoms with Gasteiger partial charge in [0.2, 0.25) is 5.82 Å². The molecule has 1 aliphatic rings. The number of halogens is 1. The molecule has 3 rings (SSSR count). The maximum atomic E-state index is 13.6.